The summed E-state index contributed by atoms with van der Waals surface area (Å²) in [6.07, 6.45) is 5.06. The summed E-state index contributed by atoms with van der Waals surface area (Å²) in [4.78, 5) is 0.219. The first-order valence-electron chi connectivity index (χ1n) is 6.45. The highest BCUT2D eigenvalue weighted by Gasteiger charge is 2.29. The van der Waals surface area contributed by atoms with E-state index in [0.717, 1.165) is 25.7 Å². The summed E-state index contributed by atoms with van der Waals surface area (Å²) in [7, 11) is -3.50. The van der Waals surface area contributed by atoms with Gasteiger partial charge in [0.1, 0.15) is 0 Å². The molecule has 0 aliphatic heterocycles. The van der Waals surface area contributed by atoms with E-state index in [2.05, 4.69) is 4.72 Å². The van der Waals surface area contributed by atoms with Gasteiger partial charge in [0.2, 0.25) is 10.0 Å². The number of benzene rings is 1. The zero-order valence-corrected chi connectivity index (χ0v) is 12.3. The van der Waals surface area contributed by atoms with Crippen LogP contribution in [0.25, 0.3) is 0 Å². The number of hydrogen-bond donors (Lipinski definition) is 2. The Balaban J connectivity index is 2.03. The van der Waals surface area contributed by atoms with Crippen molar-refractivity contribution in [3.05, 3.63) is 29.3 Å². The second-order valence-electron chi connectivity index (χ2n) is 5.20. The molecule has 4 nitrogen and oxygen atoms in total. The Labute approximate surface area is 119 Å². The molecule has 0 saturated heterocycles. The first kappa shape index (κ1) is 14.8. The van der Waals surface area contributed by atoms with Crippen LogP contribution in [0.2, 0.25) is 5.02 Å². The van der Waals surface area contributed by atoms with Crippen molar-refractivity contribution in [2.75, 3.05) is 6.54 Å². The van der Waals surface area contributed by atoms with Crippen molar-refractivity contribution in [2.45, 2.75) is 42.5 Å². The molecule has 1 fully saturated rings. The first-order valence-corrected chi connectivity index (χ1v) is 8.32. The van der Waals surface area contributed by atoms with Crippen LogP contribution in [0, 0.1) is 0 Å². The number of rotatable bonds is 4. The van der Waals surface area contributed by atoms with Crippen LogP contribution in [0.4, 0.5) is 0 Å². The van der Waals surface area contributed by atoms with Crippen molar-refractivity contribution in [3.8, 4) is 0 Å². The molecule has 1 aliphatic rings. The zero-order chi connectivity index (χ0) is 13.9. The van der Waals surface area contributed by atoms with Crippen molar-refractivity contribution in [1.82, 2.24) is 4.72 Å². The largest absolute Gasteiger partial charge is 0.324 e. The molecule has 0 atom stereocenters. The minimum Gasteiger partial charge on any atom is -0.324 e. The Kier molecular flexibility index (Phi) is 4.50. The predicted molar refractivity (Wildman–Crippen MR) is 76.6 cm³/mol. The van der Waals surface area contributed by atoms with Crippen molar-refractivity contribution < 1.29 is 8.42 Å². The lowest BCUT2D eigenvalue weighted by molar-refractivity contribution is 0.296. The number of hydrogen-bond acceptors (Lipinski definition) is 3. The molecule has 3 N–H and O–H groups in total. The van der Waals surface area contributed by atoms with Gasteiger partial charge in [0, 0.05) is 17.1 Å². The summed E-state index contributed by atoms with van der Waals surface area (Å²) in [5, 5.41) is 0.515. The van der Waals surface area contributed by atoms with Gasteiger partial charge in [0.05, 0.1) is 4.90 Å². The molecule has 0 spiro atoms. The molecule has 106 valence electrons. The molecule has 0 heterocycles. The molecule has 0 bridgehead atoms. The van der Waals surface area contributed by atoms with Crippen LogP contribution in [0.5, 0.6) is 0 Å². The zero-order valence-electron chi connectivity index (χ0n) is 10.7. The molecule has 1 aliphatic carbocycles. The van der Waals surface area contributed by atoms with Crippen LogP contribution in [0.3, 0.4) is 0 Å². The van der Waals surface area contributed by atoms with Gasteiger partial charge in [-0.2, -0.15) is 0 Å². The van der Waals surface area contributed by atoms with E-state index >= 15 is 0 Å². The lowest BCUT2D eigenvalue weighted by Gasteiger charge is -2.33. The minimum atomic E-state index is -3.50. The molecular formula is C13H19ClN2O2S. The van der Waals surface area contributed by atoms with Crippen LogP contribution < -0.4 is 10.5 Å². The Morgan fingerprint density at radius 2 is 1.74 bits per heavy atom. The molecular weight excluding hydrogens is 284 g/mol. The molecule has 0 unspecified atom stereocenters. The lowest BCUT2D eigenvalue weighted by Crippen LogP contribution is -2.51. The van der Waals surface area contributed by atoms with Crippen LogP contribution in [-0.2, 0) is 10.0 Å². The monoisotopic (exact) mass is 302 g/mol. The third-order valence-electron chi connectivity index (χ3n) is 3.59. The van der Waals surface area contributed by atoms with Gasteiger partial charge >= 0.3 is 0 Å². The SMILES string of the molecule is NC1(CNS(=O)(=O)c2ccc(Cl)cc2)CCCCC1. The minimum absolute atomic E-state index is 0.219. The maximum Gasteiger partial charge on any atom is 0.240 e. The normalized spacial score (nSPS) is 19.3. The van der Waals surface area contributed by atoms with E-state index in [4.69, 9.17) is 17.3 Å². The number of sulfonamides is 1. The molecule has 19 heavy (non-hydrogen) atoms. The molecule has 0 amide bonds. The molecule has 6 heteroatoms. The predicted octanol–water partition coefficient (Wildman–Crippen LogP) is 2.28. The van der Waals surface area contributed by atoms with E-state index in [1.807, 2.05) is 0 Å². The van der Waals surface area contributed by atoms with Gasteiger partial charge in [-0.1, -0.05) is 30.9 Å². The van der Waals surface area contributed by atoms with E-state index in [1.54, 1.807) is 12.1 Å². The van der Waals surface area contributed by atoms with Crippen molar-refractivity contribution in [2.24, 2.45) is 5.73 Å². The fourth-order valence-electron chi connectivity index (χ4n) is 2.37. The fraction of sp³-hybridized carbons (Fsp3) is 0.538. The Morgan fingerprint density at radius 1 is 1.16 bits per heavy atom. The summed E-state index contributed by atoms with van der Waals surface area (Å²) in [5.41, 5.74) is 5.82. The van der Waals surface area contributed by atoms with Crippen LogP contribution >= 0.6 is 11.6 Å². The van der Waals surface area contributed by atoms with Crippen LogP contribution in [0.15, 0.2) is 29.2 Å². The Bertz CT molecular complexity index is 522. The highest BCUT2D eigenvalue weighted by atomic mass is 35.5. The third kappa shape index (κ3) is 3.92. The summed E-state index contributed by atoms with van der Waals surface area (Å²) in [6, 6.07) is 6.12. The van der Waals surface area contributed by atoms with Gasteiger partial charge in [-0.15, -0.1) is 0 Å². The quantitative estimate of drug-likeness (QED) is 0.896. The van der Waals surface area contributed by atoms with E-state index in [0.29, 0.717) is 5.02 Å². The second-order valence-corrected chi connectivity index (χ2v) is 7.40. The number of nitrogens with two attached hydrogens (primary N) is 1. The molecule has 1 aromatic rings. The van der Waals surface area contributed by atoms with Crippen LogP contribution in [-0.4, -0.2) is 20.5 Å². The van der Waals surface area contributed by atoms with Crippen LogP contribution in [0.1, 0.15) is 32.1 Å². The van der Waals surface area contributed by atoms with E-state index < -0.39 is 15.6 Å². The highest BCUT2D eigenvalue weighted by molar-refractivity contribution is 7.89. The van der Waals surface area contributed by atoms with Crippen molar-refractivity contribution >= 4 is 21.6 Å². The van der Waals surface area contributed by atoms with Gasteiger partial charge < -0.3 is 5.73 Å². The van der Waals surface area contributed by atoms with Gasteiger partial charge in [-0.25, -0.2) is 13.1 Å². The van der Waals surface area contributed by atoms with Gasteiger partial charge in [-0.05, 0) is 37.1 Å². The van der Waals surface area contributed by atoms with Gasteiger partial charge in [-0.3, -0.25) is 0 Å². The summed E-state index contributed by atoms with van der Waals surface area (Å²) < 4.78 is 26.8. The second kappa shape index (κ2) is 5.79. The van der Waals surface area contributed by atoms with Crippen molar-refractivity contribution in [1.29, 1.82) is 0 Å². The number of halogens is 1. The van der Waals surface area contributed by atoms with E-state index in [-0.39, 0.29) is 11.4 Å². The number of nitrogens with one attached hydrogen (secondary N) is 1. The molecule has 2 rings (SSSR count). The molecule has 0 radical (unpaired) electrons. The topological polar surface area (TPSA) is 72.2 Å². The molecule has 0 aromatic heterocycles. The average Bonchev–Trinajstić information content (AvgIpc) is 2.38. The summed E-state index contributed by atoms with van der Waals surface area (Å²) >= 11 is 5.75. The fourth-order valence-corrected chi connectivity index (χ4v) is 3.63. The van der Waals surface area contributed by atoms with Gasteiger partial charge in [0.25, 0.3) is 0 Å². The van der Waals surface area contributed by atoms with E-state index in [9.17, 15) is 8.42 Å². The maximum absolute atomic E-state index is 12.1. The van der Waals surface area contributed by atoms with Crippen molar-refractivity contribution in [3.63, 3.8) is 0 Å². The lowest BCUT2D eigenvalue weighted by atomic mass is 9.83. The smallest absolute Gasteiger partial charge is 0.240 e. The maximum atomic E-state index is 12.1. The molecule has 1 saturated carbocycles. The first-order chi connectivity index (χ1) is 8.91. The Hall–Kier alpha value is -0.620. The highest BCUT2D eigenvalue weighted by Crippen LogP contribution is 2.25. The molecule has 1 aromatic carbocycles. The van der Waals surface area contributed by atoms with Gasteiger partial charge in [0.15, 0.2) is 0 Å². The summed E-state index contributed by atoms with van der Waals surface area (Å²) in [6.45, 7) is 0.290. The van der Waals surface area contributed by atoms with E-state index in [1.165, 1.54) is 18.6 Å². The average molecular weight is 303 g/mol. The summed E-state index contributed by atoms with van der Waals surface area (Å²) in [5.74, 6) is 0. The Morgan fingerprint density at radius 3 is 2.32 bits per heavy atom. The standard InChI is InChI=1S/C13H19ClN2O2S/c14-11-4-6-12(7-5-11)19(17,18)16-10-13(15)8-2-1-3-9-13/h4-7,16H,1-3,8-10,15H2. The third-order valence-corrected chi connectivity index (χ3v) is 5.26.